The minimum atomic E-state index is -0.848. The fraction of sp³-hybridized carbons (Fsp3) is 0.278. The van der Waals surface area contributed by atoms with Crippen LogP contribution < -0.4 is 4.90 Å². The summed E-state index contributed by atoms with van der Waals surface area (Å²) in [7, 11) is 0. The van der Waals surface area contributed by atoms with Gasteiger partial charge in [-0.15, -0.1) is 0 Å². The Bertz CT molecular complexity index is 723. The number of rotatable bonds is 3. The highest BCUT2D eigenvalue weighted by atomic mass is 16.4. The van der Waals surface area contributed by atoms with Crippen molar-refractivity contribution in [1.29, 1.82) is 0 Å². The number of carboxylic acids is 1. The monoisotopic (exact) mass is 279 g/mol. The molecule has 3 nitrogen and oxygen atoms in total. The lowest BCUT2D eigenvalue weighted by molar-refractivity contribution is 0.0697. The zero-order valence-corrected chi connectivity index (χ0v) is 11.7. The Morgan fingerprint density at radius 1 is 1.19 bits per heavy atom. The topological polar surface area (TPSA) is 40.5 Å². The van der Waals surface area contributed by atoms with E-state index in [1.165, 1.54) is 16.7 Å². The maximum atomic E-state index is 11.1. The molecule has 1 atom stereocenters. The van der Waals surface area contributed by atoms with Crippen molar-refractivity contribution in [2.75, 3.05) is 18.0 Å². The molecule has 1 heterocycles. The zero-order valence-electron chi connectivity index (χ0n) is 11.7. The number of benzene rings is 2. The minimum Gasteiger partial charge on any atom is -0.478 e. The summed E-state index contributed by atoms with van der Waals surface area (Å²) in [6, 6.07) is 14.1. The van der Waals surface area contributed by atoms with Crippen molar-refractivity contribution in [2.45, 2.75) is 18.8 Å². The van der Waals surface area contributed by atoms with Crippen LogP contribution in [0.15, 0.2) is 42.5 Å². The van der Waals surface area contributed by atoms with Crippen LogP contribution in [-0.4, -0.2) is 24.2 Å². The highest BCUT2D eigenvalue weighted by Gasteiger charge is 2.30. The summed E-state index contributed by atoms with van der Waals surface area (Å²) in [5.74, 6) is -0.265. The number of hydrogen-bond acceptors (Lipinski definition) is 2. The Labute approximate surface area is 123 Å². The third kappa shape index (κ3) is 2.00. The molecular weight excluding hydrogens is 262 g/mol. The summed E-state index contributed by atoms with van der Waals surface area (Å²) in [6.07, 6.45) is 2.16. The van der Waals surface area contributed by atoms with Gasteiger partial charge in [-0.05, 0) is 41.7 Å². The fourth-order valence-electron chi connectivity index (χ4n) is 3.56. The van der Waals surface area contributed by atoms with Crippen molar-refractivity contribution in [3.05, 3.63) is 64.7 Å². The van der Waals surface area contributed by atoms with E-state index in [2.05, 4.69) is 29.2 Å². The van der Waals surface area contributed by atoms with E-state index in [0.717, 1.165) is 31.6 Å². The third-order valence-electron chi connectivity index (χ3n) is 4.73. The standard InChI is InChI=1S/C18H17NO2/c20-18(21)14-6-5-12-7-8-19(17(12)10-14)11-15-9-13-3-1-2-4-16(13)15/h1-6,10,15H,7-9,11H2,(H,20,21). The van der Waals surface area contributed by atoms with Gasteiger partial charge >= 0.3 is 5.97 Å². The molecule has 1 aliphatic heterocycles. The molecule has 106 valence electrons. The van der Waals surface area contributed by atoms with Crippen molar-refractivity contribution >= 4 is 11.7 Å². The van der Waals surface area contributed by atoms with E-state index in [4.69, 9.17) is 5.11 Å². The predicted molar refractivity (Wildman–Crippen MR) is 82.2 cm³/mol. The molecule has 0 spiro atoms. The Morgan fingerprint density at radius 3 is 2.86 bits per heavy atom. The highest BCUT2D eigenvalue weighted by Crippen LogP contribution is 2.38. The van der Waals surface area contributed by atoms with E-state index in [9.17, 15) is 4.79 Å². The molecule has 0 amide bonds. The van der Waals surface area contributed by atoms with Crippen LogP contribution in [0, 0.1) is 0 Å². The van der Waals surface area contributed by atoms with E-state index in [0.29, 0.717) is 11.5 Å². The molecule has 0 bridgehead atoms. The number of hydrogen-bond donors (Lipinski definition) is 1. The number of carboxylic acid groups (broad SMARTS) is 1. The van der Waals surface area contributed by atoms with Gasteiger partial charge in [0.1, 0.15) is 0 Å². The van der Waals surface area contributed by atoms with Crippen molar-refractivity contribution in [1.82, 2.24) is 0 Å². The molecule has 0 aromatic heterocycles. The lowest BCUT2D eigenvalue weighted by Crippen LogP contribution is -2.32. The average molecular weight is 279 g/mol. The van der Waals surface area contributed by atoms with Gasteiger partial charge in [0.25, 0.3) is 0 Å². The number of nitrogens with zero attached hydrogens (tertiary/aromatic N) is 1. The van der Waals surface area contributed by atoms with Gasteiger partial charge in [-0.3, -0.25) is 0 Å². The highest BCUT2D eigenvalue weighted by molar-refractivity contribution is 5.89. The first-order valence-electron chi connectivity index (χ1n) is 7.41. The van der Waals surface area contributed by atoms with Crippen LogP contribution in [0.1, 0.15) is 33.0 Å². The van der Waals surface area contributed by atoms with Gasteiger partial charge in [0.05, 0.1) is 5.56 Å². The second-order valence-electron chi connectivity index (χ2n) is 5.94. The van der Waals surface area contributed by atoms with Gasteiger partial charge < -0.3 is 10.0 Å². The molecule has 0 saturated heterocycles. The van der Waals surface area contributed by atoms with Crippen LogP contribution in [0.4, 0.5) is 5.69 Å². The van der Waals surface area contributed by atoms with E-state index < -0.39 is 5.97 Å². The molecule has 21 heavy (non-hydrogen) atoms. The quantitative estimate of drug-likeness (QED) is 0.938. The Kier molecular flexibility index (Phi) is 2.74. The molecule has 3 heteroatoms. The Hall–Kier alpha value is -2.29. The number of carbonyl (C=O) groups is 1. The van der Waals surface area contributed by atoms with Gasteiger partial charge in [0, 0.05) is 24.7 Å². The summed E-state index contributed by atoms with van der Waals surface area (Å²) in [5.41, 5.74) is 5.68. The Morgan fingerprint density at radius 2 is 2.05 bits per heavy atom. The lowest BCUT2D eigenvalue weighted by Gasteiger charge is -2.34. The van der Waals surface area contributed by atoms with Crippen LogP contribution in [0.25, 0.3) is 0 Å². The van der Waals surface area contributed by atoms with Gasteiger partial charge in [-0.1, -0.05) is 30.3 Å². The average Bonchev–Trinajstić information content (AvgIpc) is 2.87. The molecule has 2 aromatic rings. The van der Waals surface area contributed by atoms with Crippen LogP contribution in [0.5, 0.6) is 0 Å². The first kappa shape index (κ1) is 12.5. The molecule has 1 aliphatic carbocycles. The third-order valence-corrected chi connectivity index (χ3v) is 4.73. The molecule has 2 aliphatic rings. The van der Waals surface area contributed by atoms with Crippen molar-refractivity contribution in [2.24, 2.45) is 0 Å². The summed E-state index contributed by atoms with van der Waals surface area (Å²) in [4.78, 5) is 13.5. The van der Waals surface area contributed by atoms with E-state index in [1.807, 2.05) is 12.1 Å². The minimum absolute atomic E-state index is 0.384. The molecule has 1 unspecified atom stereocenters. The van der Waals surface area contributed by atoms with E-state index in [-0.39, 0.29) is 0 Å². The van der Waals surface area contributed by atoms with Crippen LogP contribution in [0.3, 0.4) is 0 Å². The van der Waals surface area contributed by atoms with E-state index in [1.54, 1.807) is 6.07 Å². The maximum Gasteiger partial charge on any atom is 0.335 e. The van der Waals surface area contributed by atoms with Gasteiger partial charge in [-0.25, -0.2) is 4.79 Å². The first-order chi connectivity index (χ1) is 10.2. The second kappa shape index (κ2) is 4.62. The molecular formula is C18H17NO2. The number of aromatic carboxylic acids is 1. The molecule has 4 rings (SSSR count). The Balaban J connectivity index is 1.57. The smallest absolute Gasteiger partial charge is 0.335 e. The predicted octanol–water partition coefficient (Wildman–Crippen LogP) is 3.09. The largest absolute Gasteiger partial charge is 0.478 e. The lowest BCUT2D eigenvalue weighted by atomic mass is 9.77. The zero-order chi connectivity index (χ0) is 14.4. The van der Waals surface area contributed by atoms with Crippen LogP contribution in [0.2, 0.25) is 0 Å². The first-order valence-corrected chi connectivity index (χ1v) is 7.41. The SMILES string of the molecule is O=C(O)c1ccc2c(c1)N(CC1Cc3ccccc31)CC2. The summed E-state index contributed by atoms with van der Waals surface area (Å²) in [6.45, 7) is 1.99. The van der Waals surface area contributed by atoms with Crippen molar-refractivity contribution in [3.8, 4) is 0 Å². The van der Waals surface area contributed by atoms with Gasteiger partial charge in [0.2, 0.25) is 0 Å². The van der Waals surface area contributed by atoms with Crippen LogP contribution >= 0.6 is 0 Å². The summed E-state index contributed by atoms with van der Waals surface area (Å²) < 4.78 is 0. The number of anilines is 1. The molecule has 2 aromatic carbocycles. The fourth-order valence-corrected chi connectivity index (χ4v) is 3.56. The van der Waals surface area contributed by atoms with Crippen molar-refractivity contribution < 1.29 is 9.90 Å². The molecule has 0 saturated carbocycles. The van der Waals surface area contributed by atoms with Crippen molar-refractivity contribution in [3.63, 3.8) is 0 Å². The number of fused-ring (bicyclic) bond motifs is 2. The van der Waals surface area contributed by atoms with E-state index >= 15 is 0 Å². The maximum absolute atomic E-state index is 11.1. The molecule has 1 N–H and O–H groups in total. The molecule has 0 fully saturated rings. The second-order valence-corrected chi connectivity index (χ2v) is 5.94. The van der Waals surface area contributed by atoms with Gasteiger partial charge in [-0.2, -0.15) is 0 Å². The summed E-state index contributed by atoms with van der Waals surface area (Å²) in [5, 5.41) is 9.15. The molecule has 0 radical (unpaired) electrons. The van der Waals surface area contributed by atoms with Gasteiger partial charge in [0.15, 0.2) is 0 Å². The van der Waals surface area contributed by atoms with Crippen LogP contribution in [-0.2, 0) is 12.8 Å². The normalized spacial score (nSPS) is 18.9. The summed E-state index contributed by atoms with van der Waals surface area (Å²) >= 11 is 0.